The van der Waals surface area contributed by atoms with E-state index >= 15 is 0 Å². The first-order valence-electron chi connectivity index (χ1n) is 10.9. The summed E-state index contributed by atoms with van der Waals surface area (Å²) in [6.07, 6.45) is 3.75. The van der Waals surface area contributed by atoms with E-state index in [0.717, 1.165) is 49.8 Å². The number of carbonyl (C=O) groups excluding carboxylic acids is 1. The summed E-state index contributed by atoms with van der Waals surface area (Å²) in [4.78, 5) is 25.3. The van der Waals surface area contributed by atoms with Gasteiger partial charge >= 0.3 is 0 Å². The molecule has 4 aromatic heterocycles. The van der Waals surface area contributed by atoms with Crippen LogP contribution >= 0.6 is 0 Å². The number of carbonyl (C=O) groups is 1. The van der Waals surface area contributed by atoms with Gasteiger partial charge in [-0.1, -0.05) is 18.2 Å². The number of amides is 1. The molecule has 2 aromatic carbocycles. The van der Waals surface area contributed by atoms with Gasteiger partial charge in [-0.2, -0.15) is 0 Å². The minimum Gasteiger partial charge on any atom is -0.497 e. The molecule has 6 aromatic rings. The largest absolute Gasteiger partial charge is 0.497 e. The molecular formula is C27H21N5O2. The zero-order chi connectivity index (χ0) is 23.1. The molecule has 0 unspecified atom stereocenters. The summed E-state index contributed by atoms with van der Waals surface area (Å²) >= 11 is 0. The first kappa shape index (κ1) is 20.0. The van der Waals surface area contributed by atoms with E-state index in [1.165, 1.54) is 0 Å². The highest BCUT2D eigenvalue weighted by atomic mass is 16.5. The highest BCUT2D eigenvalue weighted by Crippen LogP contribution is 2.34. The normalized spacial score (nSPS) is 11.3. The molecule has 0 aliphatic carbocycles. The van der Waals surface area contributed by atoms with Crippen molar-refractivity contribution in [3.8, 4) is 17.0 Å². The number of methoxy groups -OCH3 is 1. The maximum atomic E-state index is 13.0. The molecule has 0 bridgehead atoms. The molecule has 2 N–H and O–H groups in total. The summed E-state index contributed by atoms with van der Waals surface area (Å²) < 4.78 is 7.40. The molecule has 4 heterocycles. The van der Waals surface area contributed by atoms with Gasteiger partial charge in [0.25, 0.3) is 0 Å². The standard InChI is InChI=1S/C27H21N5O2/c1-34-19-9-10-24-20(14-19)21(23-13-18-6-4-12-28-27(18)30-23)15-32(24)16-26(33)31-25-11-8-17-5-2-3-7-22(17)29-25/h2-15H,16H2,1H3,(H,28,30)(H,29,31,33). The van der Waals surface area contributed by atoms with Crippen molar-refractivity contribution >= 4 is 44.6 Å². The van der Waals surface area contributed by atoms with Gasteiger partial charge < -0.3 is 19.6 Å². The Morgan fingerprint density at radius 1 is 1.03 bits per heavy atom. The quantitative estimate of drug-likeness (QED) is 0.372. The van der Waals surface area contributed by atoms with Crippen LogP contribution < -0.4 is 10.1 Å². The van der Waals surface area contributed by atoms with Gasteiger partial charge in [0.05, 0.1) is 12.6 Å². The molecule has 1 amide bonds. The Morgan fingerprint density at radius 2 is 1.91 bits per heavy atom. The van der Waals surface area contributed by atoms with Gasteiger partial charge in [-0.15, -0.1) is 0 Å². The number of benzene rings is 2. The van der Waals surface area contributed by atoms with Gasteiger partial charge in [0.15, 0.2) is 0 Å². The number of H-pyrrole nitrogens is 1. The average Bonchev–Trinajstić information content (AvgIpc) is 3.45. The van der Waals surface area contributed by atoms with E-state index in [1.54, 1.807) is 13.3 Å². The van der Waals surface area contributed by atoms with Gasteiger partial charge in [-0.05, 0) is 54.6 Å². The second kappa shape index (κ2) is 8.04. The van der Waals surface area contributed by atoms with Crippen LogP contribution in [-0.2, 0) is 11.3 Å². The van der Waals surface area contributed by atoms with Crippen molar-refractivity contribution in [2.45, 2.75) is 6.54 Å². The number of rotatable bonds is 5. The Bertz CT molecular complexity index is 1650. The van der Waals surface area contributed by atoms with E-state index in [-0.39, 0.29) is 12.5 Å². The Labute approximate surface area is 195 Å². The third-order valence-corrected chi connectivity index (χ3v) is 5.95. The highest BCUT2D eigenvalue weighted by molar-refractivity contribution is 6.00. The fourth-order valence-corrected chi connectivity index (χ4v) is 4.32. The van der Waals surface area contributed by atoms with E-state index in [1.807, 2.05) is 77.5 Å². The van der Waals surface area contributed by atoms with E-state index in [0.29, 0.717) is 5.82 Å². The number of nitrogens with zero attached hydrogens (tertiary/aromatic N) is 3. The first-order valence-corrected chi connectivity index (χ1v) is 10.9. The molecule has 0 atom stereocenters. The molecule has 0 radical (unpaired) electrons. The van der Waals surface area contributed by atoms with Crippen LogP contribution in [0.25, 0.3) is 44.1 Å². The lowest BCUT2D eigenvalue weighted by molar-refractivity contribution is -0.116. The second-order valence-corrected chi connectivity index (χ2v) is 8.12. The highest BCUT2D eigenvalue weighted by Gasteiger charge is 2.16. The van der Waals surface area contributed by atoms with Crippen molar-refractivity contribution in [3.05, 3.63) is 85.2 Å². The van der Waals surface area contributed by atoms with Crippen LogP contribution in [0.5, 0.6) is 5.75 Å². The lowest BCUT2D eigenvalue weighted by Gasteiger charge is -2.08. The van der Waals surface area contributed by atoms with Crippen LogP contribution in [0.15, 0.2) is 85.2 Å². The van der Waals surface area contributed by atoms with Crippen molar-refractivity contribution in [3.63, 3.8) is 0 Å². The number of ether oxygens (including phenoxy) is 1. The number of fused-ring (bicyclic) bond motifs is 3. The number of hydrogen-bond acceptors (Lipinski definition) is 4. The number of pyridine rings is 2. The number of hydrogen-bond donors (Lipinski definition) is 2. The predicted molar refractivity (Wildman–Crippen MR) is 134 cm³/mol. The number of anilines is 1. The van der Waals surface area contributed by atoms with Crippen molar-refractivity contribution in [1.82, 2.24) is 19.5 Å². The molecule has 6 rings (SSSR count). The van der Waals surface area contributed by atoms with Crippen molar-refractivity contribution in [2.24, 2.45) is 0 Å². The fraction of sp³-hybridized carbons (Fsp3) is 0.0741. The number of aromatic amines is 1. The Kier molecular flexibility index (Phi) is 4.73. The molecule has 34 heavy (non-hydrogen) atoms. The summed E-state index contributed by atoms with van der Waals surface area (Å²) in [5, 5.41) is 5.98. The van der Waals surface area contributed by atoms with Gasteiger partial charge in [0.1, 0.15) is 23.8 Å². The van der Waals surface area contributed by atoms with Crippen LogP contribution in [0.4, 0.5) is 5.82 Å². The van der Waals surface area contributed by atoms with Crippen molar-refractivity contribution in [2.75, 3.05) is 12.4 Å². The summed E-state index contributed by atoms with van der Waals surface area (Å²) in [5.74, 6) is 1.13. The van der Waals surface area contributed by atoms with Gasteiger partial charge in [0.2, 0.25) is 5.91 Å². The van der Waals surface area contributed by atoms with Crippen LogP contribution in [0, 0.1) is 0 Å². The van der Waals surface area contributed by atoms with E-state index in [9.17, 15) is 4.79 Å². The van der Waals surface area contributed by atoms with Crippen molar-refractivity contribution in [1.29, 1.82) is 0 Å². The zero-order valence-corrected chi connectivity index (χ0v) is 18.4. The third kappa shape index (κ3) is 3.53. The maximum Gasteiger partial charge on any atom is 0.245 e. The molecule has 0 aliphatic rings. The number of nitrogens with one attached hydrogen (secondary N) is 2. The molecule has 0 aliphatic heterocycles. The van der Waals surface area contributed by atoms with Crippen LogP contribution in [0.2, 0.25) is 0 Å². The van der Waals surface area contributed by atoms with E-state index < -0.39 is 0 Å². The van der Waals surface area contributed by atoms with E-state index in [2.05, 4.69) is 26.3 Å². The minimum absolute atomic E-state index is 0.149. The number of aromatic nitrogens is 4. The van der Waals surface area contributed by atoms with Crippen molar-refractivity contribution < 1.29 is 9.53 Å². The second-order valence-electron chi connectivity index (χ2n) is 8.12. The van der Waals surface area contributed by atoms with Crippen LogP contribution in [0.1, 0.15) is 0 Å². The molecule has 0 spiro atoms. The topological polar surface area (TPSA) is 84.8 Å². The lowest BCUT2D eigenvalue weighted by atomic mass is 10.1. The Hall–Kier alpha value is -4.65. The molecule has 0 saturated heterocycles. The summed E-state index contributed by atoms with van der Waals surface area (Å²) in [5.41, 5.74) is 4.50. The van der Waals surface area contributed by atoms with Gasteiger partial charge in [-0.25, -0.2) is 9.97 Å². The maximum absolute atomic E-state index is 13.0. The number of para-hydroxylation sites is 1. The van der Waals surface area contributed by atoms with Crippen LogP contribution in [0.3, 0.4) is 0 Å². The molecule has 0 fully saturated rings. The molecule has 166 valence electrons. The molecular weight excluding hydrogens is 426 g/mol. The summed E-state index contributed by atoms with van der Waals surface area (Å²) in [6.45, 7) is 0.149. The Balaban J connectivity index is 1.36. The summed E-state index contributed by atoms with van der Waals surface area (Å²) in [7, 11) is 1.65. The monoisotopic (exact) mass is 447 g/mol. The van der Waals surface area contributed by atoms with Crippen LogP contribution in [-0.4, -0.2) is 32.5 Å². The Morgan fingerprint density at radius 3 is 2.79 bits per heavy atom. The van der Waals surface area contributed by atoms with Gasteiger partial charge in [-0.3, -0.25) is 4.79 Å². The average molecular weight is 447 g/mol. The first-order chi connectivity index (χ1) is 16.7. The fourth-order valence-electron chi connectivity index (χ4n) is 4.32. The molecule has 7 heteroatoms. The molecule has 0 saturated carbocycles. The third-order valence-electron chi connectivity index (χ3n) is 5.95. The SMILES string of the molecule is COc1ccc2c(c1)c(-c1cc3cccnc3[nH]1)cn2CC(=O)Nc1ccc2ccccc2n1. The predicted octanol–water partition coefficient (Wildman–Crippen LogP) is 5.38. The smallest absolute Gasteiger partial charge is 0.245 e. The minimum atomic E-state index is -0.152. The zero-order valence-electron chi connectivity index (χ0n) is 18.4. The van der Waals surface area contributed by atoms with Gasteiger partial charge in [0, 0.05) is 45.3 Å². The lowest BCUT2D eigenvalue weighted by Crippen LogP contribution is -2.18. The molecule has 7 nitrogen and oxygen atoms in total. The summed E-state index contributed by atoms with van der Waals surface area (Å²) in [6, 6.07) is 23.5. The van der Waals surface area contributed by atoms with E-state index in [4.69, 9.17) is 4.74 Å².